The Bertz CT molecular complexity index is 845. The summed E-state index contributed by atoms with van der Waals surface area (Å²) in [4.78, 5) is 7.86. The second kappa shape index (κ2) is 6.38. The highest BCUT2D eigenvalue weighted by Gasteiger charge is 2.14. The lowest BCUT2D eigenvalue weighted by atomic mass is 10.2. The van der Waals surface area contributed by atoms with Crippen molar-refractivity contribution < 1.29 is 14.2 Å². The van der Waals surface area contributed by atoms with E-state index >= 15 is 0 Å². The number of ether oxygens (including phenoxy) is 3. The van der Waals surface area contributed by atoms with Crippen LogP contribution in [-0.2, 0) is 0 Å². The summed E-state index contributed by atoms with van der Waals surface area (Å²) < 4.78 is 16.1. The van der Waals surface area contributed by atoms with E-state index in [1.807, 2.05) is 31.2 Å². The maximum absolute atomic E-state index is 6.30. The van der Waals surface area contributed by atoms with Gasteiger partial charge in [0.25, 0.3) is 0 Å². The fourth-order valence-electron chi connectivity index (χ4n) is 2.42. The third-order valence-corrected chi connectivity index (χ3v) is 3.76. The molecule has 0 amide bonds. The lowest BCUT2D eigenvalue weighted by Crippen LogP contribution is -1.97. The Hall–Kier alpha value is -2.40. The summed E-state index contributed by atoms with van der Waals surface area (Å²) in [5.41, 5.74) is 2.57. The molecular weight excluding hydrogens is 316 g/mol. The molecule has 2 aromatic carbocycles. The number of aromatic nitrogens is 2. The highest BCUT2D eigenvalue weighted by molar-refractivity contribution is 6.32. The summed E-state index contributed by atoms with van der Waals surface area (Å²) in [5.74, 6) is 2.60. The molecule has 0 aliphatic carbocycles. The molecule has 1 N–H and O–H groups in total. The molecule has 0 aliphatic heterocycles. The zero-order valence-corrected chi connectivity index (χ0v) is 13.9. The van der Waals surface area contributed by atoms with Crippen LogP contribution < -0.4 is 14.2 Å². The van der Waals surface area contributed by atoms with Crippen molar-refractivity contribution in [1.82, 2.24) is 9.97 Å². The van der Waals surface area contributed by atoms with Crippen LogP contribution in [-0.4, -0.2) is 30.8 Å². The van der Waals surface area contributed by atoms with Crippen LogP contribution in [0.25, 0.3) is 22.4 Å². The Balaban J connectivity index is 2.10. The number of halogens is 1. The smallest absolute Gasteiger partial charge is 0.179 e. The number of H-pyrrole nitrogens is 1. The summed E-state index contributed by atoms with van der Waals surface area (Å²) in [6, 6.07) is 9.35. The number of nitrogens with zero attached hydrogens (tertiary/aromatic N) is 1. The van der Waals surface area contributed by atoms with E-state index in [0.717, 1.165) is 22.3 Å². The van der Waals surface area contributed by atoms with Crippen molar-refractivity contribution in [3.8, 4) is 28.6 Å². The van der Waals surface area contributed by atoms with Gasteiger partial charge < -0.3 is 19.2 Å². The lowest BCUT2D eigenvalue weighted by molar-refractivity contribution is 0.311. The molecule has 5 nitrogen and oxygen atoms in total. The Morgan fingerprint density at radius 1 is 1.13 bits per heavy atom. The molecule has 1 heterocycles. The topological polar surface area (TPSA) is 56.4 Å². The quantitative estimate of drug-likeness (QED) is 0.756. The van der Waals surface area contributed by atoms with Gasteiger partial charge >= 0.3 is 0 Å². The molecule has 0 unspecified atom stereocenters. The van der Waals surface area contributed by atoms with Gasteiger partial charge in [-0.15, -0.1) is 0 Å². The van der Waals surface area contributed by atoms with Crippen LogP contribution >= 0.6 is 11.6 Å². The standard InChI is InChI=1S/C17H17ClN2O3/c1-4-23-15-8-10(7-12(18)16(15)22-3)17-19-13-6-5-11(21-2)9-14(13)20-17/h5-9H,4H2,1-3H3,(H,19,20). The van der Waals surface area contributed by atoms with Gasteiger partial charge in [-0.3, -0.25) is 0 Å². The first-order valence-electron chi connectivity index (χ1n) is 7.20. The van der Waals surface area contributed by atoms with Crippen molar-refractivity contribution in [3.05, 3.63) is 35.4 Å². The summed E-state index contributed by atoms with van der Waals surface area (Å²) in [6.07, 6.45) is 0. The van der Waals surface area contributed by atoms with E-state index in [4.69, 9.17) is 25.8 Å². The summed E-state index contributed by atoms with van der Waals surface area (Å²) in [5, 5.41) is 0.478. The molecule has 0 spiro atoms. The number of hydrogen-bond acceptors (Lipinski definition) is 4. The Kier molecular flexibility index (Phi) is 4.30. The van der Waals surface area contributed by atoms with Crippen LogP contribution in [0.15, 0.2) is 30.3 Å². The average Bonchev–Trinajstić information content (AvgIpc) is 2.97. The number of methoxy groups -OCH3 is 2. The van der Waals surface area contributed by atoms with Crippen LogP contribution in [0, 0.1) is 0 Å². The number of fused-ring (bicyclic) bond motifs is 1. The van der Waals surface area contributed by atoms with Crippen molar-refractivity contribution in [2.24, 2.45) is 0 Å². The van der Waals surface area contributed by atoms with E-state index in [1.165, 1.54) is 0 Å². The second-order valence-corrected chi connectivity index (χ2v) is 5.30. The number of nitrogens with one attached hydrogen (secondary N) is 1. The fraction of sp³-hybridized carbons (Fsp3) is 0.235. The maximum Gasteiger partial charge on any atom is 0.179 e. The molecule has 1 aromatic heterocycles. The van der Waals surface area contributed by atoms with E-state index in [1.54, 1.807) is 20.3 Å². The minimum atomic E-state index is 0.478. The van der Waals surface area contributed by atoms with E-state index in [-0.39, 0.29) is 0 Å². The van der Waals surface area contributed by atoms with Crippen LogP contribution in [0.1, 0.15) is 6.92 Å². The molecule has 0 saturated heterocycles. The first-order valence-corrected chi connectivity index (χ1v) is 7.58. The van der Waals surface area contributed by atoms with Crippen molar-refractivity contribution in [1.29, 1.82) is 0 Å². The third kappa shape index (κ3) is 2.92. The second-order valence-electron chi connectivity index (χ2n) is 4.89. The first-order chi connectivity index (χ1) is 11.2. The van der Waals surface area contributed by atoms with Crippen LogP contribution in [0.5, 0.6) is 17.2 Å². The van der Waals surface area contributed by atoms with Gasteiger partial charge in [0.15, 0.2) is 11.5 Å². The van der Waals surface area contributed by atoms with Gasteiger partial charge in [-0.2, -0.15) is 0 Å². The highest BCUT2D eigenvalue weighted by atomic mass is 35.5. The van der Waals surface area contributed by atoms with Gasteiger partial charge in [0.1, 0.15) is 11.6 Å². The predicted octanol–water partition coefficient (Wildman–Crippen LogP) is 4.30. The minimum absolute atomic E-state index is 0.478. The fourth-order valence-corrected chi connectivity index (χ4v) is 2.71. The van der Waals surface area contributed by atoms with Crippen LogP contribution in [0.2, 0.25) is 5.02 Å². The minimum Gasteiger partial charge on any atom is -0.497 e. The summed E-state index contributed by atoms with van der Waals surface area (Å²) in [7, 11) is 3.20. The van der Waals surface area contributed by atoms with E-state index in [9.17, 15) is 0 Å². The Labute approximate surface area is 139 Å². The highest BCUT2D eigenvalue weighted by Crippen LogP contribution is 2.39. The molecule has 0 aliphatic rings. The zero-order valence-electron chi connectivity index (χ0n) is 13.1. The molecule has 0 radical (unpaired) electrons. The number of rotatable bonds is 5. The molecule has 0 fully saturated rings. The van der Waals surface area contributed by atoms with E-state index in [0.29, 0.717) is 29.0 Å². The number of imidazole rings is 1. The number of hydrogen-bond donors (Lipinski definition) is 1. The van der Waals surface area contributed by atoms with Gasteiger partial charge in [0.2, 0.25) is 0 Å². The van der Waals surface area contributed by atoms with Gasteiger partial charge in [0, 0.05) is 11.6 Å². The van der Waals surface area contributed by atoms with Crippen molar-refractivity contribution in [2.45, 2.75) is 6.92 Å². The number of aromatic amines is 1. The molecular formula is C17H17ClN2O3. The zero-order chi connectivity index (χ0) is 16.4. The monoisotopic (exact) mass is 332 g/mol. The largest absolute Gasteiger partial charge is 0.497 e. The van der Waals surface area contributed by atoms with Crippen molar-refractivity contribution in [2.75, 3.05) is 20.8 Å². The SMILES string of the molecule is CCOc1cc(-c2nc3ccc(OC)cc3[nH]2)cc(Cl)c1OC. The molecule has 23 heavy (non-hydrogen) atoms. The molecule has 0 saturated carbocycles. The van der Waals surface area contributed by atoms with Crippen LogP contribution in [0.3, 0.4) is 0 Å². The first kappa shape index (κ1) is 15.5. The average molecular weight is 333 g/mol. The third-order valence-electron chi connectivity index (χ3n) is 3.48. The number of benzene rings is 2. The molecule has 6 heteroatoms. The Morgan fingerprint density at radius 3 is 2.65 bits per heavy atom. The van der Waals surface area contributed by atoms with Crippen LogP contribution in [0.4, 0.5) is 0 Å². The van der Waals surface area contributed by atoms with Gasteiger partial charge in [-0.05, 0) is 31.2 Å². The summed E-state index contributed by atoms with van der Waals surface area (Å²) in [6.45, 7) is 2.43. The van der Waals surface area contributed by atoms with Crippen molar-refractivity contribution >= 4 is 22.6 Å². The molecule has 0 bridgehead atoms. The maximum atomic E-state index is 6.30. The van der Waals surface area contributed by atoms with Gasteiger partial charge in [-0.1, -0.05) is 11.6 Å². The van der Waals surface area contributed by atoms with Gasteiger partial charge in [-0.25, -0.2) is 4.98 Å². The molecule has 0 atom stereocenters. The van der Waals surface area contributed by atoms with E-state index < -0.39 is 0 Å². The lowest BCUT2D eigenvalue weighted by Gasteiger charge is -2.12. The van der Waals surface area contributed by atoms with Gasteiger partial charge in [0.05, 0.1) is 36.9 Å². The normalized spacial score (nSPS) is 10.8. The summed E-state index contributed by atoms with van der Waals surface area (Å²) >= 11 is 6.30. The molecule has 120 valence electrons. The Morgan fingerprint density at radius 2 is 1.96 bits per heavy atom. The predicted molar refractivity (Wildman–Crippen MR) is 90.8 cm³/mol. The van der Waals surface area contributed by atoms with E-state index in [2.05, 4.69) is 9.97 Å². The molecule has 3 aromatic rings. The van der Waals surface area contributed by atoms with Crippen molar-refractivity contribution in [3.63, 3.8) is 0 Å². The molecule has 3 rings (SSSR count).